The second kappa shape index (κ2) is 6.61. The molecule has 1 fully saturated rings. The Balaban J connectivity index is 2.35. The minimum Gasteiger partial charge on any atom is -0.319 e. The molecular weight excluding hydrogens is 260 g/mol. The average Bonchev–Trinajstić information content (AvgIpc) is 2.83. The molecule has 1 N–H and O–H groups in total. The van der Waals surface area contributed by atoms with Crippen molar-refractivity contribution in [1.29, 1.82) is 0 Å². The van der Waals surface area contributed by atoms with Crippen molar-refractivity contribution in [2.75, 3.05) is 0 Å². The minimum atomic E-state index is -0.0606. The maximum Gasteiger partial charge on any atom is 0.241 e. The van der Waals surface area contributed by atoms with Crippen molar-refractivity contribution in [3.05, 3.63) is 35.4 Å². The van der Waals surface area contributed by atoms with Gasteiger partial charge in [-0.25, -0.2) is 0 Å². The number of benzene rings is 1. The lowest BCUT2D eigenvalue weighted by Crippen LogP contribution is -2.39. The summed E-state index contributed by atoms with van der Waals surface area (Å²) in [7, 11) is 0. The molecule has 1 aliphatic heterocycles. The quantitative estimate of drug-likeness (QED) is 0.897. The van der Waals surface area contributed by atoms with Gasteiger partial charge in [-0.1, -0.05) is 57.0 Å². The van der Waals surface area contributed by atoms with Crippen LogP contribution in [0.15, 0.2) is 24.3 Å². The summed E-state index contributed by atoms with van der Waals surface area (Å²) in [5.41, 5.74) is 2.42. The zero-order valence-electron chi connectivity index (χ0n) is 13.9. The van der Waals surface area contributed by atoms with Crippen LogP contribution in [0.4, 0.5) is 0 Å². The third-order valence-electron chi connectivity index (χ3n) is 4.77. The van der Waals surface area contributed by atoms with Crippen LogP contribution in [0.5, 0.6) is 0 Å². The maximum atomic E-state index is 12.8. The van der Waals surface area contributed by atoms with Gasteiger partial charge in [-0.2, -0.15) is 0 Å². The van der Waals surface area contributed by atoms with Gasteiger partial charge in [0.1, 0.15) is 6.17 Å². The Labute approximate surface area is 128 Å². The van der Waals surface area contributed by atoms with Gasteiger partial charge < -0.3 is 4.90 Å². The number of aryl methyl sites for hydroxylation is 1. The zero-order chi connectivity index (χ0) is 15.6. The van der Waals surface area contributed by atoms with Crippen LogP contribution in [0, 0.1) is 12.8 Å². The highest BCUT2D eigenvalue weighted by Gasteiger charge is 2.43. The lowest BCUT2D eigenvalue weighted by molar-refractivity contribution is -0.132. The van der Waals surface area contributed by atoms with Gasteiger partial charge in [-0.15, -0.1) is 0 Å². The van der Waals surface area contributed by atoms with E-state index in [4.69, 9.17) is 0 Å². The first-order valence-corrected chi connectivity index (χ1v) is 8.14. The SMILES string of the molecule is CCC(C)C1NC(c2cccc(C)c2)N(C(C)CC)C1=O. The smallest absolute Gasteiger partial charge is 0.241 e. The van der Waals surface area contributed by atoms with E-state index in [0.717, 1.165) is 12.8 Å². The number of carbonyl (C=O) groups is 1. The number of amides is 1. The molecule has 1 aromatic carbocycles. The highest BCUT2D eigenvalue weighted by Crippen LogP contribution is 2.31. The standard InChI is InChI=1S/C18H28N2O/c1-6-13(4)16-18(21)20(14(5)7-2)17(19-16)15-10-8-9-12(3)11-15/h8-11,13-14,16-17,19H,6-7H2,1-5H3. The van der Waals surface area contributed by atoms with Gasteiger partial charge in [-0.05, 0) is 31.7 Å². The van der Waals surface area contributed by atoms with Gasteiger partial charge in [0.2, 0.25) is 5.91 Å². The van der Waals surface area contributed by atoms with Gasteiger partial charge >= 0.3 is 0 Å². The van der Waals surface area contributed by atoms with Crippen molar-refractivity contribution >= 4 is 5.91 Å². The summed E-state index contributed by atoms with van der Waals surface area (Å²) in [6.07, 6.45) is 1.99. The van der Waals surface area contributed by atoms with Crippen LogP contribution in [0.2, 0.25) is 0 Å². The molecule has 0 aromatic heterocycles. The molecule has 0 bridgehead atoms. The average molecular weight is 288 g/mol. The van der Waals surface area contributed by atoms with Crippen molar-refractivity contribution in [2.45, 2.75) is 65.7 Å². The van der Waals surface area contributed by atoms with Gasteiger partial charge in [0.15, 0.2) is 0 Å². The Morgan fingerprint density at radius 3 is 2.52 bits per heavy atom. The van der Waals surface area contributed by atoms with Gasteiger partial charge in [0, 0.05) is 6.04 Å². The fourth-order valence-corrected chi connectivity index (χ4v) is 3.02. The van der Waals surface area contributed by atoms with E-state index in [1.165, 1.54) is 11.1 Å². The molecule has 3 nitrogen and oxygen atoms in total. The van der Waals surface area contributed by atoms with Crippen molar-refractivity contribution in [1.82, 2.24) is 10.2 Å². The predicted octanol–water partition coefficient (Wildman–Crippen LogP) is 3.64. The molecule has 3 heteroatoms. The Morgan fingerprint density at radius 2 is 1.95 bits per heavy atom. The van der Waals surface area contributed by atoms with Crippen LogP contribution in [0.3, 0.4) is 0 Å². The van der Waals surface area contributed by atoms with Crippen LogP contribution in [0.25, 0.3) is 0 Å². The van der Waals surface area contributed by atoms with E-state index in [1.807, 2.05) is 4.90 Å². The lowest BCUT2D eigenvalue weighted by atomic mass is 9.99. The van der Waals surface area contributed by atoms with E-state index < -0.39 is 0 Å². The fourth-order valence-electron chi connectivity index (χ4n) is 3.02. The summed E-state index contributed by atoms with van der Waals surface area (Å²) in [6.45, 7) is 10.7. The third kappa shape index (κ3) is 3.13. The van der Waals surface area contributed by atoms with Crippen LogP contribution >= 0.6 is 0 Å². The monoisotopic (exact) mass is 288 g/mol. The highest BCUT2D eigenvalue weighted by atomic mass is 16.2. The first-order valence-electron chi connectivity index (χ1n) is 8.14. The van der Waals surface area contributed by atoms with E-state index in [-0.39, 0.29) is 24.2 Å². The number of nitrogens with zero attached hydrogens (tertiary/aromatic N) is 1. The Bertz CT molecular complexity index is 500. The zero-order valence-corrected chi connectivity index (χ0v) is 13.9. The molecule has 0 aliphatic carbocycles. The van der Waals surface area contributed by atoms with Crippen LogP contribution < -0.4 is 5.32 Å². The van der Waals surface area contributed by atoms with Gasteiger partial charge in [0.05, 0.1) is 6.04 Å². The molecule has 1 heterocycles. The van der Waals surface area contributed by atoms with E-state index in [9.17, 15) is 4.79 Å². The molecule has 116 valence electrons. The Hall–Kier alpha value is -1.35. The molecule has 1 aliphatic rings. The molecule has 0 spiro atoms. The van der Waals surface area contributed by atoms with Crippen LogP contribution in [-0.2, 0) is 4.79 Å². The van der Waals surface area contributed by atoms with Gasteiger partial charge in [-0.3, -0.25) is 10.1 Å². The first kappa shape index (κ1) is 16.0. The highest BCUT2D eigenvalue weighted by molar-refractivity contribution is 5.85. The normalized spacial score (nSPS) is 25.2. The van der Waals surface area contributed by atoms with Crippen molar-refractivity contribution in [3.8, 4) is 0 Å². The number of hydrogen-bond donors (Lipinski definition) is 1. The molecule has 1 saturated heterocycles. The molecule has 4 atom stereocenters. The summed E-state index contributed by atoms with van der Waals surface area (Å²) >= 11 is 0. The lowest BCUT2D eigenvalue weighted by Gasteiger charge is -2.30. The summed E-state index contributed by atoms with van der Waals surface area (Å²) in [5.74, 6) is 0.615. The second-order valence-corrected chi connectivity index (χ2v) is 6.35. The van der Waals surface area contributed by atoms with Crippen molar-refractivity contribution in [3.63, 3.8) is 0 Å². The Kier molecular flexibility index (Phi) is 5.04. The van der Waals surface area contributed by atoms with Crippen molar-refractivity contribution < 1.29 is 4.79 Å². The van der Waals surface area contributed by atoms with Crippen LogP contribution in [0.1, 0.15) is 57.8 Å². The van der Waals surface area contributed by atoms with Gasteiger partial charge in [0.25, 0.3) is 0 Å². The molecule has 0 radical (unpaired) electrons. The summed E-state index contributed by atoms with van der Waals surface area (Å²) in [5, 5.41) is 3.58. The number of rotatable bonds is 5. The molecule has 1 amide bonds. The van der Waals surface area contributed by atoms with E-state index in [0.29, 0.717) is 5.92 Å². The number of carbonyl (C=O) groups excluding carboxylic acids is 1. The van der Waals surface area contributed by atoms with Crippen molar-refractivity contribution in [2.24, 2.45) is 5.92 Å². The largest absolute Gasteiger partial charge is 0.319 e. The molecule has 4 unspecified atom stereocenters. The molecule has 2 rings (SSSR count). The molecule has 0 saturated carbocycles. The molecule has 21 heavy (non-hydrogen) atoms. The molecular formula is C18H28N2O. The van der Waals surface area contributed by atoms with E-state index in [1.54, 1.807) is 0 Å². The minimum absolute atomic E-state index is 0.00588. The third-order valence-corrected chi connectivity index (χ3v) is 4.77. The maximum absolute atomic E-state index is 12.8. The predicted molar refractivity (Wildman–Crippen MR) is 86.9 cm³/mol. The first-order chi connectivity index (χ1) is 9.99. The molecule has 1 aromatic rings. The van der Waals surface area contributed by atoms with E-state index in [2.05, 4.69) is 64.2 Å². The number of nitrogens with one attached hydrogen (secondary N) is 1. The summed E-state index contributed by atoms with van der Waals surface area (Å²) < 4.78 is 0. The van der Waals surface area contributed by atoms with E-state index >= 15 is 0 Å². The fraction of sp³-hybridized carbons (Fsp3) is 0.611. The number of hydrogen-bond acceptors (Lipinski definition) is 2. The topological polar surface area (TPSA) is 32.3 Å². The Morgan fingerprint density at radius 1 is 1.24 bits per heavy atom. The second-order valence-electron chi connectivity index (χ2n) is 6.35. The van der Waals surface area contributed by atoms with Crippen LogP contribution in [-0.4, -0.2) is 22.9 Å². The summed E-state index contributed by atoms with van der Waals surface area (Å²) in [4.78, 5) is 14.9. The summed E-state index contributed by atoms with van der Waals surface area (Å²) in [6, 6.07) is 8.66.